The van der Waals surface area contributed by atoms with Gasteiger partial charge in [-0.3, -0.25) is 4.79 Å². The molecule has 1 amide bonds. The molecule has 6 heteroatoms. The first kappa shape index (κ1) is 12.7. The van der Waals surface area contributed by atoms with E-state index in [2.05, 4.69) is 20.2 Å². The van der Waals surface area contributed by atoms with Crippen LogP contribution in [-0.2, 0) is 4.79 Å². The molecule has 102 valence electrons. The van der Waals surface area contributed by atoms with Crippen molar-refractivity contribution in [3.05, 3.63) is 11.5 Å². The standard InChI is InChI=1S/C13H17ClN4O/c1-2-10-12(19)16-9-7-15-13(14)17-11(9)18(10)8-5-3-4-6-8/h7-8,10H,2-6H2,1H3,(H,16,19)/t10-/m0/s1. The van der Waals surface area contributed by atoms with Gasteiger partial charge in [0, 0.05) is 6.04 Å². The van der Waals surface area contributed by atoms with E-state index in [1.807, 2.05) is 6.92 Å². The quantitative estimate of drug-likeness (QED) is 0.846. The summed E-state index contributed by atoms with van der Waals surface area (Å²) in [5.74, 6) is 0.811. The van der Waals surface area contributed by atoms with E-state index < -0.39 is 0 Å². The normalized spacial score (nSPS) is 23.4. The topological polar surface area (TPSA) is 58.1 Å². The predicted octanol–water partition coefficient (Wildman–Crippen LogP) is 2.61. The fraction of sp³-hybridized carbons (Fsp3) is 0.615. The van der Waals surface area contributed by atoms with E-state index in [9.17, 15) is 4.79 Å². The monoisotopic (exact) mass is 280 g/mol. The number of fused-ring (bicyclic) bond motifs is 1. The first-order chi connectivity index (χ1) is 9.20. The molecule has 1 fully saturated rings. The Hall–Kier alpha value is -1.36. The van der Waals surface area contributed by atoms with Crippen LogP contribution in [0.3, 0.4) is 0 Å². The average Bonchev–Trinajstić information content (AvgIpc) is 2.91. The summed E-state index contributed by atoms with van der Waals surface area (Å²) in [5, 5.41) is 3.11. The minimum absolute atomic E-state index is 0.0350. The Morgan fingerprint density at radius 3 is 2.89 bits per heavy atom. The van der Waals surface area contributed by atoms with Gasteiger partial charge in [0.2, 0.25) is 11.2 Å². The van der Waals surface area contributed by atoms with Crippen molar-refractivity contribution < 1.29 is 4.79 Å². The lowest BCUT2D eigenvalue weighted by Gasteiger charge is -2.40. The Balaban J connectivity index is 2.05. The summed E-state index contributed by atoms with van der Waals surface area (Å²) in [6.45, 7) is 2.03. The van der Waals surface area contributed by atoms with E-state index in [4.69, 9.17) is 11.6 Å². The fourth-order valence-electron chi connectivity index (χ4n) is 3.12. The first-order valence-corrected chi connectivity index (χ1v) is 7.20. The molecule has 3 rings (SSSR count). The molecule has 5 nitrogen and oxygen atoms in total. The largest absolute Gasteiger partial charge is 0.340 e. The Labute approximate surface area is 117 Å². The second-order valence-electron chi connectivity index (χ2n) is 5.14. The number of carbonyl (C=O) groups is 1. The molecule has 1 aromatic heterocycles. The summed E-state index contributed by atoms with van der Waals surface area (Å²) >= 11 is 5.91. The highest BCUT2D eigenvalue weighted by molar-refractivity contribution is 6.28. The number of amides is 1. The van der Waals surface area contributed by atoms with Crippen molar-refractivity contribution in [3.8, 4) is 0 Å². The van der Waals surface area contributed by atoms with E-state index >= 15 is 0 Å². The van der Waals surface area contributed by atoms with Gasteiger partial charge in [-0.15, -0.1) is 0 Å². The van der Waals surface area contributed by atoms with Gasteiger partial charge in [0.25, 0.3) is 0 Å². The van der Waals surface area contributed by atoms with E-state index in [0.717, 1.165) is 25.1 Å². The summed E-state index contributed by atoms with van der Waals surface area (Å²) in [7, 11) is 0. The number of nitrogens with zero attached hydrogens (tertiary/aromatic N) is 3. The Bertz CT molecular complexity index is 501. The van der Waals surface area contributed by atoms with Crippen LogP contribution in [0.1, 0.15) is 39.0 Å². The zero-order valence-electron chi connectivity index (χ0n) is 10.9. The second kappa shape index (κ2) is 4.96. The summed E-state index contributed by atoms with van der Waals surface area (Å²) in [5.41, 5.74) is 0.672. The van der Waals surface area contributed by atoms with Crippen LogP contribution in [0.4, 0.5) is 11.5 Å². The number of nitrogens with one attached hydrogen (secondary N) is 1. The lowest BCUT2D eigenvalue weighted by Crippen LogP contribution is -2.52. The minimum atomic E-state index is -0.151. The number of hydrogen-bond donors (Lipinski definition) is 1. The molecule has 0 bridgehead atoms. The highest BCUT2D eigenvalue weighted by atomic mass is 35.5. The molecular weight excluding hydrogens is 264 g/mol. The number of hydrogen-bond acceptors (Lipinski definition) is 4. The lowest BCUT2D eigenvalue weighted by molar-refractivity contribution is -0.117. The third-order valence-corrected chi connectivity index (χ3v) is 4.17. The molecule has 0 spiro atoms. The second-order valence-corrected chi connectivity index (χ2v) is 5.47. The van der Waals surface area contributed by atoms with Crippen LogP contribution in [0.15, 0.2) is 6.20 Å². The van der Waals surface area contributed by atoms with Crippen molar-refractivity contribution >= 4 is 29.0 Å². The molecule has 1 saturated carbocycles. The predicted molar refractivity (Wildman–Crippen MR) is 74.5 cm³/mol. The number of aromatic nitrogens is 2. The smallest absolute Gasteiger partial charge is 0.247 e. The van der Waals surface area contributed by atoms with Crippen molar-refractivity contribution in [1.82, 2.24) is 9.97 Å². The zero-order chi connectivity index (χ0) is 13.4. The van der Waals surface area contributed by atoms with E-state index in [-0.39, 0.29) is 17.2 Å². The van der Waals surface area contributed by atoms with Crippen LogP contribution in [0, 0.1) is 0 Å². The van der Waals surface area contributed by atoms with Gasteiger partial charge in [-0.2, -0.15) is 4.98 Å². The number of carbonyl (C=O) groups excluding carboxylic acids is 1. The third kappa shape index (κ3) is 2.16. The Morgan fingerprint density at radius 2 is 2.21 bits per heavy atom. The molecule has 1 N–H and O–H groups in total. The van der Waals surface area contributed by atoms with Crippen molar-refractivity contribution in [3.63, 3.8) is 0 Å². The van der Waals surface area contributed by atoms with Gasteiger partial charge in [-0.25, -0.2) is 4.98 Å². The van der Waals surface area contributed by atoms with E-state index in [1.165, 1.54) is 12.8 Å². The maximum atomic E-state index is 12.2. The zero-order valence-corrected chi connectivity index (χ0v) is 11.7. The highest BCUT2D eigenvalue weighted by Gasteiger charge is 2.38. The van der Waals surface area contributed by atoms with Crippen molar-refractivity contribution in [1.29, 1.82) is 0 Å². The SMILES string of the molecule is CC[C@H]1C(=O)Nc2cnc(Cl)nc2N1C1CCCC1. The van der Waals surface area contributed by atoms with E-state index in [1.54, 1.807) is 6.20 Å². The fourth-order valence-corrected chi connectivity index (χ4v) is 3.25. The Morgan fingerprint density at radius 1 is 1.47 bits per heavy atom. The van der Waals surface area contributed by atoms with Gasteiger partial charge in [-0.05, 0) is 30.9 Å². The van der Waals surface area contributed by atoms with Crippen LogP contribution in [0.5, 0.6) is 0 Å². The van der Waals surface area contributed by atoms with Crippen LogP contribution in [0.25, 0.3) is 0 Å². The van der Waals surface area contributed by atoms with Gasteiger partial charge in [0.1, 0.15) is 11.7 Å². The van der Waals surface area contributed by atoms with Crippen molar-refractivity contribution in [2.45, 2.75) is 51.1 Å². The van der Waals surface area contributed by atoms with Crippen LogP contribution >= 0.6 is 11.6 Å². The maximum absolute atomic E-state index is 12.2. The highest BCUT2D eigenvalue weighted by Crippen LogP contribution is 2.37. The van der Waals surface area contributed by atoms with Crippen molar-refractivity contribution in [2.24, 2.45) is 0 Å². The number of halogens is 1. The molecule has 0 unspecified atom stereocenters. The summed E-state index contributed by atoms with van der Waals surface area (Å²) in [4.78, 5) is 22.6. The molecule has 19 heavy (non-hydrogen) atoms. The first-order valence-electron chi connectivity index (χ1n) is 6.82. The third-order valence-electron chi connectivity index (χ3n) is 3.98. The molecule has 0 aromatic carbocycles. The molecular formula is C13H17ClN4O. The average molecular weight is 281 g/mol. The molecule has 1 atom stereocenters. The summed E-state index contributed by atoms with van der Waals surface area (Å²) < 4.78 is 0. The van der Waals surface area contributed by atoms with Crippen molar-refractivity contribution in [2.75, 3.05) is 10.2 Å². The van der Waals surface area contributed by atoms with Gasteiger partial charge >= 0.3 is 0 Å². The van der Waals surface area contributed by atoms with Crippen LogP contribution in [-0.4, -0.2) is 28.0 Å². The molecule has 0 saturated heterocycles. The molecule has 1 aromatic rings. The number of rotatable bonds is 2. The van der Waals surface area contributed by atoms with E-state index in [0.29, 0.717) is 11.7 Å². The van der Waals surface area contributed by atoms with Gasteiger partial charge < -0.3 is 10.2 Å². The summed E-state index contributed by atoms with van der Waals surface area (Å²) in [6, 6.07) is 0.238. The lowest BCUT2D eigenvalue weighted by atomic mass is 10.0. The maximum Gasteiger partial charge on any atom is 0.247 e. The molecule has 0 radical (unpaired) electrons. The van der Waals surface area contributed by atoms with Gasteiger partial charge in [0.05, 0.1) is 6.20 Å². The molecule has 2 aliphatic rings. The molecule has 1 aliphatic carbocycles. The Kier molecular flexibility index (Phi) is 3.31. The molecule has 1 aliphatic heterocycles. The molecule has 2 heterocycles. The number of anilines is 2. The summed E-state index contributed by atoms with van der Waals surface area (Å²) in [6.07, 6.45) is 7.02. The minimum Gasteiger partial charge on any atom is -0.340 e. The van der Waals surface area contributed by atoms with Crippen LogP contribution < -0.4 is 10.2 Å². The van der Waals surface area contributed by atoms with Gasteiger partial charge in [0.15, 0.2) is 5.82 Å². The van der Waals surface area contributed by atoms with Crippen LogP contribution in [0.2, 0.25) is 5.28 Å². The van der Waals surface area contributed by atoms with Gasteiger partial charge in [-0.1, -0.05) is 19.8 Å².